The number of ether oxygens (including phenoxy) is 2. The molecule has 146 valence electrons. The van der Waals surface area contributed by atoms with Crippen LogP contribution in [-0.2, 0) is 23.9 Å². The van der Waals surface area contributed by atoms with Crippen LogP contribution in [0.5, 0.6) is 0 Å². The molecule has 6 heteroatoms. The minimum atomic E-state index is -0.625. The van der Waals surface area contributed by atoms with Gasteiger partial charge < -0.3 is 14.6 Å². The van der Waals surface area contributed by atoms with Gasteiger partial charge in [0.2, 0.25) is 0 Å². The summed E-state index contributed by atoms with van der Waals surface area (Å²) in [5.74, 6) is -0.642. The molecule has 2 heterocycles. The predicted molar refractivity (Wildman–Crippen MR) is 95.3 cm³/mol. The van der Waals surface area contributed by atoms with E-state index < -0.39 is 18.2 Å². The summed E-state index contributed by atoms with van der Waals surface area (Å²) >= 11 is 0. The summed E-state index contributed by atoms with van der Waals surface area (Å²) in [5, 5.41) is 10.5. The monoisotopic (exact) mass is 392 g/mol. The number of aliphatic hydroxyl groups excluding tert-OH is 1. The molecule has 0 radical (unpaired) electrons. The number of Topliss-reactive ketones (excluding diaryl/α,β-unsaturated/α-hetero) is 1. The molecule has 0 aromatic carbocycles. The summed E-state index contributed by atoms with van der Waals surface area (Å²) in [4.78, 5) is 36.4. The van der Waals surface area contributed by atoms with Crippen molar-refractivity contribution in [3.8, 4) is 0 Å². The highest BCUT2D eigenvalue weighted by atomic mass is 16.7. The lowest BCUT2D eigenvalue weighted by atomic mass is 10.2. The zero-order valence-electron chi connectivity index (χ0n) is 15.7. The zero-order chi connectivity index (χ0) is 19.3. The lowest BCUT2D eigenvalue weighted by molar-refractivity contribution is -0.153. The van der Waals surface area contributed by atoms with Crippen molar-refractivity contribution >= 4 is 17.7 Å². The van der Waals surface area contributed by atoms with Gasteiger partial charge in [-0.05, 0) is 36.5 Å². The normalized spacial score (nSPS) is 43.4. The summed E-state index contributed by atoms with van der Waals surface area (Å²) in [6, 6.07) is 0. The number of hydrogen-bond acceptors (Lipinski definition) is 6. The summed E-state index contributed by atoms with van der Waals surface area (Å²) in [7, 11) is 0. The molecule has 5 rings (SSSR count). The van der Waals surface area contributed by atoms with Gasteiger partial charge in [0.05, 0.1) is 11.7 Å². The number of carbonyl (C=O) groups excluding carboxylic acids is 3. The molecule has 6 nitrogen and oxygen atoms in total. The van der Waals surface area contributed by atoms with Crippen molar-refractivity contribution in [2.75, 3.05) is 0 Å². The molecule has 2 bridgehead atoms. The van der Waals surface area contributed by atoms with Crippen molar-refractivity contribution < 1.29 is 29.0 Å². The van der Waals surface area contributed by atoms with Gasteiger partial charge in [-0.1, -0.05) is 25.2 Å². The molecule has 0 spiro atoms. The maximum Gasteiger partial charge on any atom is 0.341 e. The van der Waals surface area contributed by atoms with Crippen molar-refractivity contribution in [2.45, 2.75) is 57.8 Å². The van der Waals surface area contributed by atoms with Gasteiger partial charge in [0, 0.05) is 25.7 Å². The first-order valence-corrected chi connectivity index (χ1v) is 9.83. The standard InChI is InChI=1S/C21H26O6/c1-10-5-17-15(20(10)26-11(2)22)4-3-12-6-13(23)7-14-8-19(24)18(9-16(12)17)21(25)27-14/h3-4,9-10,12-17,20,23H,5-8H2,1-2H3/t10-,12+,13+,14+,15-,16-,17-,20-/m1/s1/i2+1,3+1,4+1,5+1,6+1,7+1,8+1,9+1,11+1,12+1,13+1,14+1,15+1,16+1,17+1,18+1,19+1,21+1. The highest BCUT2D eigenvalue weighted by Crippen LogP contribution is 2.50. The van der Waals surface area contributed by atoms with Gasteiger partial charge in [-0.2, -0.15) is 0 Å². The van der Waals surface area contributed by atoms with Crippen LogP contribution in [0.15, 0.2) is 23.8 Å². The molecule has 0 aromatic heterocycles. The molecule has 3 aliphatic carbocycles. The molecule has 2 fully saturated rings. The maximum absolute atomic E-state index is 12.5. The Balaban J connectivity index is 1.72. The average molecular weight is 392 g/mol. The smallest absolute Gasteiger partial charge is 0.341 e. The highest BCUT2D eigenvalue weighted by molar-refractivity contribution is 6.18. The van der Waals surface area contributed by atoms with E-state index in [4.69, 9.17) is 9.47 Å². The topological polar surface area (TPSA) is 89.9 Å². The largest absolute Gasteiger partial charge is 0.462 e. The van der Waals surface area contributed by atoms with Gasteiger partial charge >= 0.3 is 11.9 Å². The van der Waals surface area contributed by atoms with E-state index in [1.165, 1.54) is 6.92 Å². The SMILES string of the molecule is C[C@@H]1[13CH2][13C@H]2[13C@@H]3[13CH]=[13C]4[13C](=O)[13CH2][13C@H]([13CH2][13C@@H](O)[13CH2][13C@@H]3[13CH]=[13CH][13C@H]2[C@@H]1O[13C]([13CH3])=O)O[13C]4=O. The van der Waals surface area contributed by atoms with Crippen molar-refractivity contribution in [2.24, 2.45) is 29.6 Å². The number of allylic oxidation sites excluding steroid dienone is 2. The minimum Gasteiger partial charge on any atom is -0.462 e. The Bertz CT molecular complexity index is 702. The molecule has 1 N–H and O–H groups in total. The molecule has 0 aromatic rings. The first-order valence-electron chi connectivity index (χ1n) is 9.83. The molecule has 2 aliphatic heterocycles. The molecular weight excluding hydrogens is 366 g/mol. The number of aliphatic hydroxyl groups is 1. The third-order valence-corrected chi connectivity index (χ3v) is 6.60. The van der Waals surface area contributed by atoms with Gasteiger partial charge in [-0.25, -0.2) is 4.79 Å². The Labute approximate surface area is 158 Å². The van der Waals surface area contributed by atoms with Gasteiger partial charge in [-0.3, -0.25) is 9.59 Å². The first kappa shape index (κ1) is 18.4. The lowest BCUT2D eigenvalue weighted by Gasteiger charge is -2.38. The molecule has 27 heavy (non-hydrogen) atoms. The molecule has 1 saturated carbocycles. The van der Waals surface area contributed by atoms with Crippen LogP contribution in [-0.4, -0.2) is 41.1 Å². The van der Waals surface area contributed by atoms with Crippen LogP contribution in [0.4, 0.5) is 0 Å². The van der Waals surface area contributed by atoms with Crippen LogP contribution in [0.2, 0.25) is 0 Å². The first-order chi connectivity index (χ1) is 12.8. The fourth-order valence-corrected chi connectivity index (χ4v) is 5.48. The van der Waals surface area contributed by atoms with E-state index in [1.54, 1.807) is 6.08 Å². The van der Waals surface area contributed by atoms with Crippen molar-refractivity contribution in [3.63, 3.8) is 0 Å². The third-order valence-electron chi connectivity index (χ3n) is 6.60. The van der Waals surface area contributed by atoms with E-state index in [-0.39, 0.29) is 59.4 Å². The number of rotatable bonds is 1. The quantitative estimate of drug-likeness (QED) is 0.318. The predicted octanol–water partition coefficient (Wildman–Crippen LogP) is 1.96. The Hall–Kier alpha value is -1.95. The molecular formula is C21H26O6. The molecule has 1 saturated heterocycles. The summed E-state index contributed by atoms with van der Waals surface area (Å²) < 4.78 is 11.0. The van der Waals surface area contributed by atoms with Crippen molar-refractivity contribution in [3.05, 3.63) is 23.8 Å². The van der Waals surface area contributed by atoms with Crippen LogP contribution in [0, 0.1) is 29.6 Å². The summed E-state index contributed by atoms with van der Waals surface area (Å²) in [5.41, 5.74) is 0.148. The Morgan fingerprint density at radius 2 is 1.96 bits per heavy atom. The Morgan fingerprint density at radius 1 is 1.19 bits per heavy atom. The Morgan fingerprint density at radius 3 is 2.67 bits per heavy atom. The van der Waals surface area contributed by atoms with Crippen LogP contribution >= 0.6 is 0 Å². The van der Waals surface area contributed by atoms with Crippen LogP contribution in [0.25, 0.3) is 0 Å². The minimum absolute atomic E-state index is 0.0528. The number of carbonyl (C=O) groups is 3. The molecule has 5 aliphatic rings. The highest BCUT2D eigenvalue weighted by Gasteiger charge is 2.49. The number of esters is 2. The van der Waals surface area contributed by atoms with Gasteiger partial charge in [0.25, 0.3) is 0 Å². The second-order valence-corrected chi connectivity index (χ2v) is 8.51. The third kappa shape index (κ3) is 3.35. The number of hydrogen-bond donors (Lipinski definition) is 1. The second kappa shape index (κ2) is 6.89. The fraction of sp³-hybridized carbons (Fsp3) is 0.667. The second-order valence-electron chi connectivity index (χ2n) is 8.51. The zero-order valence-corrected chi connectivity index (χ0v) is 15.7. The average Bonchev–Trinajstić information content (AvgIpc) is 2.87. The van der Waals surface area contributed by atoms with Crippen molar-refractivity contribution in [1.29, 1.82) is 0 Å². The van der Waals surface area contributed by atoms with E-state index in [0.29, 0.717) is 12.8 Å². The van der Waals surface area contributed by atoms with Gasteiger partial charge in [0.1, 0.15) is 12.2 Å². The Kier molecular flexibility index (Phi) is 4.70. The number of fused-ring (bicyclic) bond motifs is 5. The van der Waals surface area contributed by atoms with Gasteiger partial charge in [0.15, 0.2) is 5.78 Å². The molecule has 0 unspecified atom stereocenters. The molecule has 8 atom stereocenters. The maximum atomic E-state index is 12.5. The van der Waals surface area contributed by atoms with Crippen molar-refractivity contribution in [1.82, 2.24) is 0 Å². The summed E-state index contributed by atoms with van der Waals surface area (Å²) in [6.07, 6.45) is 6.47. The van der Waals surface area contributed by atoms with Crippen LogP contribution in [0.1, 0.15) is 39.5 Å². The van der Waals surface area contributed by atoms with E-state index in [2.05, 4.69) is 19.1 Å². The van der Waals surface area contributed by atoms with E-state index in [0.717, 1.165) is 6.42 Å². The number of ketones is 1. The fourth-order valence-electron chi connectivity index (χ4n) is 5.48. The van der Waals surface area contributed by atoms with Gasteiger partial charge in [-0.15, -0.1) is 0 Å². The van der Waals surface area contributed by atoms with Crippen LogP contribution < -0.4 is 0 Å². The van der Waals surface area contributed by atoms with E-state index in [1.807, 2.05) is 0 Å². The molecule has 0 amide bonds. The van der Waals surface area contributed by atoms with Crippen LogP contribution in [0.3, 0.4) is 0 Å². The van der Waals surface area contributed by atoms with E-state index >= 15 is 0 Å². The van der Waals surface area contributed by atoms with E-state index in [9.17, 15) is 19.5 Å². The lowest BCUT2D eigenvalue weighted by Crippen LogP contribution is -2.40. The summed E-state index contributed by atoms with van der Waals surface area (Å²) in [6.45, 7) is 3.49.